The molecule has 1 aromatic carbocycles. The van der Waals surface area contributed by atoms with Crippen molar-refractivity contribution in [3.8, 4) is 0 Å². The minimum absolute atomic E-state index is 0.0208. The van der Waals surface area contributed by atoms with Gasteiger partial charge in [0.1, 0.15) is 0 Å². The van der Waals surface area contributed by atoms with Crippen LogP contribution in [-0.4, -0.2) is 39.8 Å². The van der Waals surface area contributed by atoms with Crippen molar-refractivity contribution in [3.05, 3.63) is 65.5 Å². The van der Waals surface area contributed by atoms with Gasteiger partial charge in [0.15, 0.2) is 0 Å². The number of benzene rings is 1. The Morgan fingerprint density at radius 3 is 3.04 bits per heavy atom. The summed E-state index contributed by atoms with van der Waals surface area (Å²) in [4.78, 5) is 13.7. The van der Waals surface area contributed by atoms with Gasteiger partial charge in [0, 0.05) is 30.5 Å². The van der Waals surface area contributed by atoms with E-state index in [9.17, 15) is 4.79 Å². The fourth-order valence-electron chi connectivity index (χ4n) is 2.97. The maximum atomic E-state index is 11.9. The smallest absolute Gasteiger partial charge is 0.246 e. The van der Waals surface area contributed by atoms with Crippen molar-refractivity contribution in [2.75, 3.05) is 13.1 Å². The Morgan fingerprint density at radius 1 is 1.50 bits per heavy atom. The molecule has 0 N–H and O–H groups in total. The molecule has 6 heteroatoms. The summed E-state index contributed by atoms with van der Waals surface area (Å²) in [6.45, 7) is 7.05. The molecule has 2 aromatic rings. The summed E-state index contributed by atoms with van der Waals surface area (Å²) in [7, 11) is 0. The van der Waals surface area contributed by atoms with Crippen molar-refractivity contribution < 1.29 is 9.53 Å². The number of ether oxygens (including phenoxy) is 1. The number of carbonyl (C=O) groups excluding carboxylic acids is 1. The van der Waals surface area contributed by atoms with Crippen LogP contribution in [0.15, 0.2) is 49.3 Å². The molecule has 2 heterocycles. The maximum Gasteiger partial charge on any atom is 0.246 e. The highest BCUT2D eigenvalue weighted by molar-refractivity contribution is 6.31. The number of amides is 1. The molecule has 0 bridgehead atoms. The number of halogens is 1. The van der Waals surface area contributed by atoms with Crippen molar-refractivity contribution in [2.24, 2.45) is 0 Å². The molecule has 1 amide bonds. The van der Waals surface area contributed by atoms with Gasteiger partial charge in [0.05, 0.1) is 18.8 Å². The van der Waals surface area contributed by atoms with Crippen molar-refractivity contribution in [1.29, 1.82) is 0 Å². The van der Waals surface area contributed by atoms with Crippen LogP contribution in [0.2, 0.25) is 5.02 Å². The van der Waals surface area contributed by atoms with Crippen LogP contribution in [0.4, 0.5) is 0 Å². The van der Waals surface area contributed by atoms with E-state index in [0.717, 1.165) is 11.1 Å². The average molecular weight is 346 g/mol. The molecule has 0 saturated carbocycles. The topological polar surface area (TPSA) is 47.4 Å². The molecule has 1 fully saturated rings. The van der Waals surface area contributed by atoms with E-state index in [1.54, 1.807) is 11.1 Å². The van der Waals surface area contributed by atoms with E-state index >= 15 is 0 Å². The first-order valence-electron chi connectivity index (χ1n) is 7.85. The van der Waals surface area contributed by atoms with Crippen molar-refractivity contribution >= 4 is 17.5 Å². The van der Waals surface area contributed by atoms with E-state index in [4.69, 9.17) is 16.3 Å². The molecule has 0 aliphatic carbocycles. The summed E-state index contributed by atoms with van der Waals surface area (Å²) in [6.07, 6.45) is 4.81. The number of hydrogen-bond acceptors (Lipinski definition) is 3. The number of nitrogens with zero attached hydrogens (tertiary/aromatic N) is 3. The molecule has 126 valence electrons. The van der Waals surface area contributed by atoms with Gasteiger partial charge < -0.3 is 9.64 Å². The summed E-state index contributed by atoms with van der Waals surface area (Å²) < 4.78 is 7.96. The monoisotopic (exact) mass is 345 g/mol. The zero-order valence-corrected chi connectivity index (χ0v) is 14.3. The zero-order valence-electron chi connectivity index (χ0n) is 13.6. The SMILES string of the molecule is C=CC(=O)N1C[C@@H](n2cccn2)[C@H](OCc2cc(C)ccc2Cl)C1. The van der Waals surface area contributed by atoms with Crippen LogP contribution < -0.4 is 0 Å². The minimum atomic E-state index is -0.148. The van der Waals surface area contributed by atoms with Crippen molar-refractivity contribution in [3.63, 3.8) is 0 Å². The van der Waals surface area contributed by atoms with Gasteiger partial charge in [-0.15, -0.1) is 0 Å². The summed E-state index contributed by atoms with van der Waals surface area (Å²) in [5.41, 5.74) is 2.08. The van der Waals surface area contributed by atoms with Crippen LogP contribution in [0.3, 0.4) is 0 Å². The third-order valence-corrected chi connectivity index (χ3v) is 4.61. The second kappa shape index (κ2) is 7.20. The quantitative estimate of drug-likeness (QED) is 0.783. The standard InChI is InChI=1S/C18H20ClN3O2/c1-3-18(23)21-10-16(22-8-4-7-20-22)17(11-21)24-12-14-9-13(2)5-6-15(14)19/h3-9,16-17H,1,10-12H2,2H3/t16-,17-/m1/s1. The second-order valence-corrected chi connectivity index (χ2v) is 6.35. The van der Waals surface area contributed by atoms with Crippen LogP contribution in [-0.2, 0) is 16.1 Å². The van der Waals surface area contributed by atoms with Gasteiger partial charge in [0.2, 0.25) is 5.91 Å². The van der Waals surface area contributed by atoms with E-state index in [1.165, 1.54) is 6.08 Å². The number of carbonyl (C=O) groups is 1. The lowest BCUT2D eigenvalue weighted by molar-refractivity contribution is -0.125. The van der Waals surface area contributed by atoms with Gasteiger partial charge in [0.25, 0.3) is 0 Å². The van der Waals surface area contributed by atoms with E-state index in [2.05, 4.69) is 11.7 Å². The van der Waals surface area contributed by atoms with Crippen LogP contribution in [0, 0.1) is 6.92 Å². The summed E-state index contributed by atoms with van der Waals surface area (Å²) in [5.74, 6) is -0.0909. The Hall–Kier alpha value is -2.11. The lowest BCUT2D eigenvalue weighted by atomic mass is 10.1. The van der Waals surface area contributed by atoms with Crippen LogP contribution >= 0.6 is 11.6 Å². The molecule has 1 aliphatic rings. The Kier molecular flexibility index (Phi) is 5.02. The van der Waals surface area contributed by atoms with Crippen LogP contribution in [0.25, 0.3) is 0 Å². The molecule has 1 saturated heterocycles. The lowest BCUT2D eigenvalue weighted by Gasteiger charge is -2.19. The van der Waals surface area contributed by atoms with Gasteiger partial charge in [-0.25, -0.2) is 0 Å². The van der Waals surface area contributed by atoms with Gasteiger partial charge in [-0.05, 0) is 30.7 Å². The minimum Gasteiger partial charge on any atom is -0.369 e. The molecule has 0 radical (unpaired) electrons. The van der Waals surface area contributed by atoms with Gasteiger partial charge in [-0.2, -0.15) is 5.10 Å². The Balaban J connectivity index is 1.75. The molecule has 2 atom stereocenters. The first-order chi connectivity index (χ1) is 11.6. The molecule has 1 aromatic heterocycles. The predicted molar refractivity (Wildman–Crippen MR) is 92.8 cm³/mol. The van der Waals surface area contributed by atoms with Crippen molar-refractivity contribution in [1.82, 2.24) is 14.7 Å². The average Bonchev–Trinajstić information content (AvgIpc) is 3.23. The number of rotatable bonds is 5. The highest BCUT2D eigenvalue weighted by atomic mass is 35.5. The molecule has 1 aliphatic heterocycles. The Bertz CT molecular complexity index is 730. The molecular weight excluding hydrogens is 326 g/mol. The molecule has 3 rings (SSSR count). The summed E-state index contributed by atoms with van der Waals surface area (Å²) >= 11 is 6.24. The fraction of sp³-hybridized carbons (Fsp3) is 0.333. The molecule has 0 spiro atoms. The number of likely N-dealkylation sites (tertiary alicyclic amines) is 1. The lowest BCUT2D eigenvalue weighted by Crippen LogP contribution is -2.28. The van der Waals surface area contributed by atoms with E-state index in [0.29, 0.717) is 24.7 Å². The Labute approximate surface area is 146 Å². The van der Waals surface area contributed by atoms with E-state index < -0.39 is 0 Å². The normalized spacial score (nSPS) is 20.3. The second-order valence-electron chi connectivity index (χ2n) is 5.95. The molecule has 5 nitrogen and oxygen atoms in total. The molecule has 0 unspecified atom stereocenters. The van der Waals surface area contributed by atoms with Crippen molar-refractivity contribution in [2.45, 2.75) is 25.7 Å². The fourth-order valence-corrected chi connectivity index (χ4v) is 3.14. The molecular formula is C18H20ClN3O2. The van der Waals surface area contributed by atoms with Gasteiger partial charge >= 0.3 is 0 Å². The highest BCUT2D eigenvalue weighted by Gasteiger charge is 2.36. The third-order valence-electron chi connectivity index (χ3n) is 4.24. The van der Waals surface area contributed by atoms with Crippen LogP contribution in [0.5, 0.6) is 0 Å². The number of aromatic nitrogens is 2. The first kappa shape index (κ1) is 16.7. The van der Waals surface area contributed by atoms with E-state index in [-0.39, 0.29) is 18.1 Å². The van der Waals surface area contributed by atoms with Crippen LogP contribution in [0.1, 0.15) is 17.2 Å². The predicted octanol–water partition coefficient (Wildman–Crippen LogP) is 3.00. The summed E-state index contributed by atoms with van der Waals surface area (Å²) in [6, 6.07) is 7.72. The maximum absolute atomic E-state index is 11.9. The van der Waals surface area contributed by atoms with E-state index in [1.807, 2.05) is 42.1 Å². The van der Waals surface area contributed by atoms with Gasteiger partial charge in [-0.1, -0.05) is 35.9 Å². The Morgan fingerprint density at radius 2 is 2.33 bits per heavy atom. The first-order valence-corrected chi connectivity index (χ1v) is 8.23. The highest BCUT2D eigenvalue weighted by Crippen LogP contribution is 2.27. The largest absolute Gasteiger partial charge is 0.369 e. The van der Waals surface area contributed by atoms with Gasteiger partial charge in [-0.3, -0.25) is 9.48 Å². The number of hydrogen-bond donors (Lipinski definition) is 0. The third kappa shape index (κ3) is 3.52. The summed E-state index contributed by atoms with van der Waals surface area (Å²) in [5, 5.41) is 4.99. The molecule has 24 heavy (non-hydrogen) atoms. The zero-order chi connectivity index (χ0) is 17.1. The number of aryl methyl sites for hydroxylation is 1.